The molecule has 1 nitrogen and oxygen atoms in total. The van der Waals surface area contributed by atoms with Crippen LogP contribution in [-0.4, -0.2) is 6.54 Å². The van der Waals surface area contributed by atoms with Gasteiger partial charge in [-0.15, -0.1) is 6.58 Å². The van der Waals surface area contributed by atoms with Crippen LogP contribution in [-0.2, 0) is 0 Å². The lowest BCUT2D eigenvalue weighted by molar-refractivity contribution is 0.670. The van der Waals surface area contributed by atoms with E-state index in [1.807, 2.05) is 45.9 Å². The quantitative estimate of drug-likeness (QED) is 0.197. The van der Waals surface area contributed by atoms with Crippen molar-refractivity contribution in [2.45, 2.75) is 140 Å². The van der Waals surface area contributed by atoms with Crippen molar-refractivity contribution in [2.24, 2.45) is 0 Å². The first kappa shape index (κ1) is 42.1. The Balaban J connectivity index is -0.000000216. The van der Waals surface area contributed by atoms with Gasteiger partial charge in [-0.1, -0.05) is 135 Å². The average Bonchev–Trinajstić information content (AvgIpc) is 2.91. The number of aryl methyl sites for hydroxylation is 1. The molecule has 0 unspecified atom stereocenters. The highest BCUT2D eigenvalue weighted by atomic mass is 14.9. The summed E-state index contributed by atoms with van der Waals surface area (Å²) in [4.78, 5) is 0. The fraction of sp³-hybridized carbons (Fsp3) is 0.611. The molecule has 1 N–H and O–H groups in total. The molecule has 0 heterocycles. The Bertz CT molecular complexity index is 663. The lowest BCUT2D eigenvalue weighted by Gasteiger charge is -2.21. The van der Waals surface area contributed by atoms with Crippen molar-refractivity contribution in [1.29, 1.82) is 0 Å². The van der Waals surface area contributed by atoms with Crippen LogP contribution in [0, 0.1) is 6.92 Å². The van der Waals surface area contributed by atoms with Gasteiger partial charge in [-0.3, -0.25) is 0 Å². The van der Waals surface area contributed by atoms with Crippen molar-refractivity contribution >= 4 is 0 Å². The molecule has 0 aliphatic heterocycles. The van der Waals surface area contributed by atoms with Crippen LogP contribution in [0.2, 0.25) is 0 Å². The standard InChI is InChI=1S/C15H25N.C7H8.C7H14.C3H8.2C2H6/c1-5-6-11-16-14(4)13(3)15-10-8-7-9-12(15)2;1-7-5-3-2-4-6-7;1-4-5-6-7(2)3;1-3-2;2*1-2/h16H,3-11H2,1-2H3;2-6H,1H3;2,4-6H2,1,3H3;3H2,1-2H3;2*1-2H3. The van der Waals surface area contributed by atoms with Crippen LogP contribution in [0.1, 0.15) is 139 Å². The molecule has 37 heavy (non-hydrogen) atoms. The number of allylic oxidation sites excluding steroid dienone is 3. The van der Waals surface area contributed by atoms with Gasteiger partial charge in [-0.25, -0.2) is 0 Å². The normalized spacial score (nSPS) is 11.1. The highest BCUT2D eigenvalue weighted by Gasteiger charge is 2.13. The molecular formula is C36H67N. The predicted molar refractivity (Wildman–Crippen MR) is 177 cm³/mol. The van der Waals surface area contributed by atoms with E-state index in [4.69, 9.17) is 0 Å². The van der Waals surface area contributed by atoms with Gasteiger partial charge in [0.15, 0.2) is 0 Å². The third-order valence-electron chi connectivity index (χ3n) is 5.24. The minimum absolute atomic E-state index is 1.01. The second kappa shape index (κ2) is 34.0. The maximum atomic E-state index is 4.19. The summed E-state index contributed by atoms with van der Waals surface area (Å²) in [5, 5.41) is 3.37. The molecule has 0 radical (unpaired) electrons. The lowest BCUT2D eigenvalue weighted by Crippen LogP contribution is -2.16. The van der Waals surface area contributed by atoms with E-state index in [2.05, 4.69) is 85.7 Å². The van der Waals surface area contributed by atoms with Gasteiger partial charge in [-0.2, -0.15) is 0 Å². The Morgan fingerprint density at radius 1 is 0.784 bits per heavy atom. The monoisotopic (exact) mass is 514 g/mol. The summed E-state index contributed by atoms with van der Waals surface area (Å²) in [6.07, 6.45) is 12.5. The molecule has 1 heteroatoms. The zero-order valence-corrected chi connectivity index (χ0v) is 27.3. The number of nitrogens with one attached hydrogen (secondary N) is 1. The smallest absolute Gasteiger partial charge is 0.0337 e. The van der Waals surface area contributed by atoms with Crippen LogP contribution in [0.3, 0.4) is 0 Å². The van der Waals surface area contributed by atoms with Gasteiger partial charge in [-0.05, 0) is 76.9 Å². The predicted octanol–water partition coefficient (Wildman–Crippen LogP) is 12.6. The largest absolute Gasteiger partial charge is 0.385 e. The van der Waals surface area contributed by atoms with Gasteiger partial charge in [0.2, 0.25) is 0 Å². The molecule has 1 aliphatic carbocycles. The van der Waals surface area contributed by atoms with E-state index >= 15 is 0 Å². The first-order chi connectivity index (χ1) is 17.7. The van der Waals surface area contributed by atoms with Crippen molar-refractivity contribution < 1.29 is 0 Å². The molecule has 2 rings (SSSR count). The van der Waals surface area contributed by atoms with Crippen molar-refractivity contribution in [1.82, 2.24) is 5.32 Å². The van der Waals surface area contributed by atoms with Gasteiger partial charge >= 0.3 is 0 Å². The Morgan fingerprint density at radius 2 is 1.27 bits per heavy atom. The summed E-state index contributed by atoms with van der Waals surface area (Å²) in [5.74, 6) is 0. The Kier molecular flexibility index (Phi) is 38.6. The number of unbranched alkanes of at least 4 members (excludes halogenated alkanes) is 2. The number of hydrogen-bond acceptors (Lipinski definition) is 1. The minimum Gasteiger partial charge on any atom is -0.385 e. The third kappa shape index (κ3) is 30.1. The van der Waals surface area contributed by atoms with Gasteiger partial charge in [0.1, 0.15) is 0 Å². The van der Waals surface area contributed by atoms with Gasteiger partial charge in [0.05, 0.1) is 0 Å². The molecule has 1 aromatic carbocycles. The molecule has 0 atom stereocenters. The van der Waals surface area contributed by atoms with Crippen LogP contribution in [0.4, 0.5) is 0 Å². The number of hydrogen-bond donors (Lipinski definition) is 1. The van der Waals surface area contributed by atoms with Crippen LogP contribution < -0.4 is 5.32 Å². The van der Waals surface area contributed by atoms with E-state index in [-0.39, 0.29) is 0 Å². The molecule has 0 saturated heterocycles. The number of benzene rings is 1. The summed E-state index contributed by atoms with van der Waals surface area (Å²) in [6.45, 7) is 36.1. The highest BCUT2D eigenvalue weighted by molar-refractivity contribution is 5.45. The Labute approximate surface area is 235 Å². The molecule has 0 spiro atoms. The van der Waals surface area contributed by atoms with E-state index in [0.717, 1.165) is 17.8 Å². The molecular weight excluding hydrogens is 446 g/mol. The summed E-state index contributed by atoms with van der Waals surface area (Å²) < 4.78 is 0. The average molecular weight is 514 g/mol. The second-order valence-corrected chi connectivity index (χ2v) is 9.13. The fourth-order valence-electron chi connectivity index (χ4n) is 3.18. The highest BCUT2D eigenvalue weighted by Crippen LogP contribution is 2.30. The summed E-state index contributed by atoms with van der Waals surface area (Å²) >= 11 is 0. The van der Waals surface area contributed by atoms with Crippen molar-refractivity contribution in [3.05, 3.63) is 83.6 Å². The van der Waals surface area contributed by atoms with Gasteiger partial charge < -0.3 is 5.32 Å². The molecule has 0 fully saturated rings. The Hall–Kier alpha value is -2.02. The summed E-state index contributed by atoms with van der Waals surface area (Å²) in [5.41, 5.74) is 7.73. The molecule has 0 amide bonds. The molecule has 216 valence electrons. The van der Waals surface area contributed by atoms with E-state index in [1.54, 1.807) is 0 Å². The maximum Gasteiger partial charge on any atom is 0.0337 e. The van der Waals surface area contributed by atoms with E-state index in [0.29, 0.717) is 0 Å². The van der Waals surface area contributed by atoms with Crippen molar-refractivity contribution in [3.63, 3.8) is 0 Å². The summed E-state index contributed by atoms with van der Waals surface area (Å²) in [7, 11) is 0. The van der Waals surface area contributed by atoms with Gasteiger partial charge in [0, 0.05) is 12.2 Å². The first-order valence-electron chi connectivity index (χ1n) is 15.2. The molecule has 0 saturated carbocycles. The topological polar surface area (TPSA) is 12.0 Å². The van der Waals surface area contributed by atoms with Crippen molar-refractivity contribution in [2.75, 3.05) is 6.54 Å². The molecule has 0 bridgehead atoms. The van der Waals surface area contributed by atoms with Crippen LogP contribution in [0.15, 0.2) is 78.1 Å². The fourth-order valence-corrected chi connectivity index (χ4v) is 3.18. The first-order valence-corrected chi connectivity index (χ1v) is 15.2. The van der Waals surface area contributed by atoms with E-state index < -0.39 is 0 Å². The lowest BCUT2D eigenvalue weighted by atomic mass is 9.87. The zero-order chi connectivity index (χ0) is 29.5. The summed E-state index contributed by atoms with van der Waals surface area (Å²) in [6, 6.07) is 10.3. The molecule has 0 aromatic heterocycles. The number of rotatable bonds is 9. The second-order valence-electron chi connectivity index (χ2n) is 9.13. The SMILES string of the molecule is C=C(C)CCCC.C=C(NCCCC)C(=C)C1=C(C)CCCC1.CC.CC.CCC.Cc1ccccc1. The Morgan fingerprint density at radius 3 is 1.62 bits per heavy atom. The van der Waals surface area contributed by atoms with E-state index in [9.17, 15) is 0 Å². The van der Waals surface area contributed by atoms with Gasteiger partial charge in [0.25, 0.3) is 0 Å². The third-order valence-corrected chi connectivity index (χ3v) is 5.24. The van der Waals surface area contributed by atoms with Crippen molar-refractivity contribution in [3.8, 4) is 0 Å². The zero-order valence-electron chi connectivity index (χ0n) is 27.3. The van der Waals surface area contributed by atoms with Crippen LogP contribution in [0.5, 0.6) is 0 Å². The molecule has 1 aromatic rings. The van der Waals surface area contributed by atoms with Crippen LogP contribution in [0.25, 0.3) is 0 Å². The maximum absolute atomic E-state index is 4.19. The minimum atomic E-state index is 1.01. The molecule has 1 aliphatic rings. The van der Waals surface area contributed by atoms with E-state index in [1.165, 1.54) is 86.5 Å². The van der Waals surface area contributed by atoms with Crippen LogP contribution >= 0.6 is 0 Å².